The fourth-order valence-electron chi connectivity index (χ4n) is 3.23. The topological polar surface area (TPSA) is 68.3 Å². The van der Waals surface area contributed by atoms with Gasteiger partial charge in [0.2, 0.25) is 0 Å². The highest BCUT2D eigenvalue weighted by Gasteiger charge is 2.18. The Labute approximate surface area is 167 Å². The molecule has 1 fully saturated rings. The van der Waals surface area contributed by atoms with Crippen molar-refractivity contribution in [3.05, 3.63) is 47.5 Å². The quantitative estimate of drug-likeness (QED) is 0.645. The Kier molecular flexibility index (Phi) is 5.45. The lowest BCUT2D eigenvalue weighted by molar-refractivity contribution is 0.248. The third-order valence-corrected chi connectivity index (χ3v) is 5.05. The van der Waals surface area contributed by atoms with Crippen molar-refractivity contribution in [2.45, 2.75) is 6.42 Å². The molecular formula is C20H20ClFN4O2. The summed E-state index contributed by atoms with van der Waals surface area (Å²) in [4.78, 5) is 8.56. The summed E-state index contributed by atoms with van der Waals surface area (Å²) in [5.74, 6) is 1.59. The fourth-order valence-corrected chi connectivity index (χ4v) is 3.40. The molecule has 1 aliphatic rings. The van der Waals surface area contributed by atoms with Gasteiger partial charge in [0, 0.05) is 23.9 Å². The van der Waals surface area contributed by atoms with Gasteiger partial charge in [0.15, 0.2) is 17.3 Å². The Bertz CT molecular complexity index is 995. The molecule has 1 aromatic heterocycles. The van der Waals surface area contributed by atoms with Crippen molar-refractivity contribution >= 4 is 34.0 Å². The van der Waals surface area contributed by atoms with Gasteiger partial charge in [-0.2, -0.15) is 0 Å². The number of halogens is 2. The van der Waals surface area contributed by atoms with E-state index in [1.165, 1.54) is 12.4 Å². The summed E-state index contributed by atoms with van der Waals surface area (Å²) in [6.45, 7) is 2.55. The molecule has 0 radical (unpaired) electrons. The third kappa shape index (κ3) is 3.81. The van der Waals surface area contributed by atoms with E-state index in [-0.39, 0.29) is 10.7 Å². The second-order valence-electron chi connectivity index (χ2n) is 6.64. The highest BCUT2D eigenvalue weighted by Crippen LogP contribution is 2.35. The number of benzene rings is 2. The number of ether oxygens (including phenoxy) is 2. The molecule has 1 saturated heterocycles. The summed E-state index contributed by atoms with van der Waals surface area (Å²) >= 11 is 5.88. The molecule has 6 nitrogen and oxygen atoms in total. The molecule has 0 aliphatic carbocycles. The Morgan fingerprint density at radius 3 is 2.96 bits per heavy atom. The minimum Gasteiger partial charge on any atom is -0.493 e. The van der Waals surface area contributed by atoms with E-state index >= 15 is 0 Å². The second-order valence-corrected chi connectivity index (χ2v) is 7.05. The highest BCUT2D eigenvalue weighted by molar-refractivity contribution is 6.31. The maximum absolute atomic E-state index is 14.3. The predicted molar refractivity (Wildman–Crippen MR) is 107 cm³/mol. The van der Waals surface area contributed by atoms with E-state index in [1.54, 1.807) is 25.3 Å². The van der Waals surface area contributed by atoms with Crippen LogP contribution in [0.3, 0.4) is 0 Å². The first-order valence-corrected chi connectivity index (χ1v) is 9.41. The van der Waals surface area contributed by atoms with Crippen LogP contribution in [0.2, 0.25) is 5.02 Å². The van der Waals surface area contributed by atoms with Crippen molar-refractivity contribution in [1.29, 1.82) is 0 Å². The molecule has 0 saturated carbocycles. The molecule has 0 bridgehead atoms. The summed E-state index contributed by atoms with van der Waals surface area (Å²) in [5, 5.41) is 7.06. The van der Waals surface area contributed by atoms with Gasteiger partial charge in [-0.15, -0.1) is 0 Å². The molecule has 2 heterocycles. The second kappa shape index (κ2) is 8.16. The third-order valence-electron chi connectivity index (χ3n) is 4.76. The lowest BCUT2D eigenvalue weighted by atomic mass is 10.1. The van der Waals surface area contributed by atoms with Gasteiger partial charge in [0.25, 0.3) is 0 Å². The van der Waals surface area contributed by atoms with Gasteiger partial charge < -0.3 is 20.1 Å². The van der Waals surface area contributed by atoms with Crippen molar-refractivity contribution in [2.24, 2.45) is 5.92 Å². The number of anilines is 2. The number of methoxy groups -OCH3 is 1. The van der Waals surface area contributed by atoms with Crippen molar-refractivity contribution in [1.82, 2.24) is 15.3 Å². The van der Waals surface area contributed by atoms with Crippen LogP contribution < -0.4 is 20.1 Å². The Hall–Kier alpha value is -2.64. The molecule has 4 rings (SSSR count). The highest BCUT2D eigenvalue weighted by atomic mass is 35.5. The van der Waals surface area contributed by atoms with Crippen LogP contribution in [0.4, 0.5) is 15.9 Å². The zero-order valence-electron chi connectivity index (χ0n) is 15.3. The summed E-state index contributed by atoms with van der Waals surface area (Å²) in [6, 6.07) is 8.38. The van der Waals surface area contributed by atoms with Crippen LogP contribution in [0.25, 0.3) is 10.9 Å². The number of rotatable bonds is 6. The number of nitrogens with zero attached hydrogens (tertiary/aromatic N) is 2. The molecule has 3 aromatic rings. The molecular weight excluding hydrogens is 383 g/mol. The van der Waals surface area contributed by atoms with E-state index in [9.17, 15) is 4.39 Å². The maximum atomic E-state index is 14.3. The normalized spacial score (nSPS) is 16.3. The molecule has 146 valence electrons. The standard InChI is InChI=1S/C20H20ClFN4O2/c1-27-17-8-16-13(7-18(17)28-10-12-5-6-23-9-12)20(25-11-24-16)26-15-4-2-3-14(21)19(15)22/h2-4,7-8,11-12,23H,5-6,9-10H2,1H3,(H,24,25,26). The minimum atomic E-state index is -0.533. The largest absolute Gasteiger partial charge is 0.493 e. The molecule has 1 atom stereocenters. The SMILES string of the molecule is COc1cc2ncnc(Nc3cccc(Cl)c3F)c2cc1OCC1CCNC1. The zero-order valence-corrected chi connectivity index (χ0v) is 16.1. The van der Waals surface area contributed by atoms with E-state index < -0.39 is 5.82 Å². The van der Waals surface area contributed by atoms with Crippen LogP contribution in [0.1, 0.15) is 6.42 Å². The van der Waals surface area contributed by atoms with Crippen molar-refractivity contribution in [2.75, 3.05) is 32.1 Å². The van der Waals surface area contributed by atoms with Crippen LogP contribution in [0.15, 0.2) is 36.7 Å². The Balaban J connectivity index is 1.68. The van der Waals surface area contributed by atoms with Crippen LogP contribution in [0, 0.1) is 11.7 Å². The molecule has 8 heteroatoms. The molecule has 28 heavy (non-hydrogen) atoms. The number of hydrogen-bond acceptors (Lipinski definition) is 6. The smallest absolute Gasteiger partial charge is 0.165 e. The lowest BCUT2D eigenvalue weighted by Crippen LogP contribution is -2.15. The van der Waals surface area contributed by atoms with Gasteiger partial charge in [0.05, 0.1) is 29.9 Å². The van der Waals surface area contributed by atoms with E-state index in [0.29, 0.717) is 40.7 Å². The first-order chi connectivity index (χ1) is 13.7. The summed E-state index contributed by atoms with van der Waals surface area (Å²) in [7, 11) is 1.59. The molecule has 0 spiro atoms. The number of hydrogen-bond donors (Lipinski definition) is 2. The van der Waals surface area contributed by atoms with E-state index in [0.717, 1.165) is 19.5 Å². The first kappa shape index (κ1) is 18.7. The summed E-state index contributed by atoms with van der Waals surface area (Å²) in [5.41, 5.74) is 0.898. The van der Waals surface area contributed by atoms with E-state index in [2.05, 4.69) is 20.6 Å². The van der Waals surface area contributed by atoms with E-state index in [1.807, 2.05) is 6.07 Å². The zero-order chi connectivity index (χ0) is 19.5. The number of nitrogens with one attached hydrogen (secondary N) is 2. The average molecular weight is 403 g/mol. The van der Waals surface area contributed by atoms with Crippen LogP contribution in [-0.4, -0.2) is 36.8 Å². The van der Waals surface area contributed by atoms with Gasteiger partial charge in [-0.1, -0.05) is 17.7 Å². The van der Waals surface area contributed by atoms with Crippen LogP contribution >= 0.6 is 11.6 Å². The lowest BCUT2D eigenvalue weighted by Gasteiger charge is -2.16. The molecule has 0 amide bonds. The van der Waals surface area contributed by atoms with Gasteiger partial charge in [0.1, 0.15) is 12.1 Å². The first-order valence-electron chi connectivity index (χ1n) is 9.03. The molecule has 2 N–H and O–H groups in total. The fraction of sp³-hybridized carbons (Fsp3) is 0.300. The van der Waals surface area contributed by atoms with Crippen molar-refractivity contribution < 1.29 is 13.9 Å². The minimum absolute atomic E-state index is 0.0410. The van der Waals surface area contributed by atoms with Crippen LogP contribution in [0.5, 0.6) is 11.5 Å². The maximum Gasteiger partial charge on any atom is 0.165 e. The number of fused-ring (bicyclic) bond motifs is 1. The van der Waals surface area contributed by atoms with Gasteiger partial charge >= 0.3 is 0 Å². The van der Waals surface area contributed by atoms with Gasteiger partial charge in [-0.3, -0.25) is 0 Å². The molecule has 2 aromatic carbocycles. The van der Waals surface area contributed by atoms with E-state index in [4.69, 9.17) is 21.1 Å². The van der Waals surface area contributed by atoms with Crippen molar-refractivity contribution in [3.8, 4) is 11.5 Å². The molecule has 1 aliphatic heterocycles. The average Bonchev–Trinajstić information content (AvgIpc) is 3.23. The summed E-state index contributed by atoms with van der Waals surface area (Å²) < 4.78 is 25.8. The van der Waals surface area contributed by atoms with Gasteiger partial charge in [-0.05, 0) is 31.2 Å². The Morgan fingerprint density at radius 1 is 1.29 bits per heavy atom. The van der Waals surface area contributed by atoms with Crippen LogP contribution in [-0.2, 0) is 0 Å². The summed E-state index contributed by atoms with van der Waals surface area (Å²) in [6.07, 6.45) is 2.50. The monoisotopic (exact) mass is 402 g/mol. The number of aromatic nitrogens is 2. The predicted octanol–water partition coefficient (Wildman–Crippen LogP) is 4.16. The van der Waals surface area contributed by atoms with Gasteiger partial charge in [-0.25, -0.2) is 14.4 Å². The van der Waals surface area contributed by atoms with Crippen molar-refractivity contribution in [3.63, 3.8) is 0 Å². The molecule has 1 unspecified atom stereocenters. The Morgan fingerprint density at radius 2 is 2.18 bits per heavy atom.